The number of ketones is 1. The first kappa shape index (κ1) is 18.4. The molecule has 3 rings (SSSR count). The second-order valence-corrected chi connectivity index (χ2v) is 6.35. The van der Waals surface area contributed by atoms with Gasteiger partial charge in [-0.1, -0.05) is 29.4 Å². The molecule has 1 atom stereocenters. The van der Waals surface area contributed by atoms with Crippen molar-refractivity contribution in [1.29, 1.82) is 5.41 Å². The molecule has 1 aromatic heterocycles. The zero-order chi connectivity index (χ0) is 19.2. The van der Waals surface area contributed by atoms with Crippen LogP contribution in [-0.2, 0) is 11.4 Å². The Labute approximate surface area is 157 Å². The van der Waals surface area contributed by atoms with Crippen molar-refractivity contribution in [3.63, 3.8) is 0 Å². The molecular formula is C21H21N3O3. The average molecular weight is 363 g/mol. The van der Waals surface area contributed by atoms with E-state index in [2.05, 4.69) is 5.16 Å². The summed E-state index contributed by atoms with van der Waals surface area (Å²) in [6.45, 7) is 1.95. The van der Waals surface area contributed by atoms with Crippen LogP contribution in [0.5, 0.6) is 5.75 Å². The number of carbonyl (C=O) groups excluding carboxylic acids is 1. The highest BCUT2D eigenvalue weighted by Crippen LogP contribution is 2.29. The fourth-order valence-corrected chi connectivity index (χ4v) is 2.89. The van der Waals surface area contributed by atoms with Crippen molar-refractivity contribution in [3.05, 3.63) is 77.2 Å². The molecule has 0 saturated heterocycles. The van der Waals surface area contributed by atoms with Crippen molar-refractivity contribution in [2.24, 2.45) is 0 Å². The Hall–Kier alpha value is -3.41. The number of ether oxygens (including phenoxy) is 1. The molecule has 0 aliphatic rings. The number of nitrogens with one attached hydrogen (secondary N) is 1. The Morgan fingerprint density at radius 3 is 2.63 bits per heavy atom. The van der Waals surface area contributed by atoms with Crippen LogP contribution in [0.4, 0.5) is 5.69 Å². The van der Waals surface area contributed by atoms with Crippen molar-refractivity contribution in [2.45, 2.75) is 25.9 Å². The van der Waals surface area contributed by atoms with Gasteiger partial charge in [-0.15, -0.1) is 0 Å². The molecule has 0 aliphatic carbocycles. The topological polar surface area (TPSA) is 102 Å². The van der Waals surface area contributed by atoms with Crippen LogP contribution in [-0.4, -0.2) is 17.2 Å². The van der Waals surface area contributed by atoms with Crippen LogP contribution in [0.1, 0.15) is 41.6 Å². The minimum Gasteiger partial charge on any atom is -0.489 e. The molecule has 27 heavy (non-hydrogen) atoms. The summed E-state index contributed by atoms with van der Waals surface area (Å²) in [5, 5.41) is 11.3. The van der Waals surface area contributed by atoms with Crippen LogP contribution in [0, 0.1) is 5.41 Å². The summed E-state index contributed by atoms with van der Waals surface area (Å²) in [6.07, 6.45) is 3.10. The van der Waals surface area contributed by atoms with Gasteiger partial charge in [-0.05, 0) is 36.2 Å². The van der Waals surface area contributed by atoms with E-state index in [1.54, 1.807) is 19.1 Å². The van der Waals surface area contributed by atoms with Crippen molar-refractivity contribution < 1.29 is 14.1 Å². The standard InChI is InChI=1S/C21H21N3O3/c1-14(25)10-19(21-8-9-27-24-21)16-4-6-18(7-5-16)26-13-15-2-3-17(12-22)20(23)11-15/h2-9,11-12,19,22H,10,13,23H2,1H3/t19-/m0/s1. The number of hydrogen-bond acceptors (Lipinski definition) is 6. The summed E-state index contributed by atoms with van der Waals surface area (Å²) in [5.41, 5.74) is 9.78. The van der Waals surface area contributed by atoms with E-state index in [9.17, 15) is 4.79 Å². The number of benzene rings is 2. The Balaban J connectivity index is 1.70. The predicted molar refractivity (Wildman–Crippen MR) is 103 cm³/mol. The van der Waals surface area contributed by atoms with Crippen molar-refractivity contribution >= 4 is 17.7 Å². The fourth-order valence-electron chi connectivity index (χ4n) is 2.89. The number of rotatable bonds is 8. The van der Waals surface area contributed by atoms with Gasteiger partial charge in [-0.3, -0.25) is 4.79 Å². The van der Waals surface area contributed by atoms with Crippen LogP contribution in [0.25, 0.3) is 0 Å². The maximum atomic E-state index is 11.6. The van der Waals surface area contributed by atoms with Crippen molar-refractivity contribution in [1.82, 2.24) is 5.16 Å². The quantitative estimate of drug-likeness (QED) is 0.466. The van der Waals surface area contributed by atoms with E-state index < -0.39 is 0 Å². The maximum absolute atomic E-state index is 11.6. The molecule has 0 saturated carbocycles. The number of nitrogen functional groups attached to an aromatic ring is 1. The summed E-state index contributed by atoms with van der Waals surface area (Å²) < 4.78 is 10.7. The molecule has 2 aromatic carbocycles. The number of aromatic nitrogens is 1. The molecule has 0 unspecified atom stereocenters. The van der Waals surface area contributed by atoms with E-state index in [-0.39, 0.29) is 11.7 Å². The van der Waals surface area contributed by atoms with E-state index in [0.29, 0.717) is 24.3 Å². The van der Waals surface area contributed by atoms with Gasteiger partial charge < -0.3 is 20.4 Å². The molecule has 6 nitrogen and oxygen atoms in total. The van der Waals surface area contributed by atoms with E-state index in [1.807, 2.05) is 36.4 Å². The Bertz CT molecular complexity index is 918. The summed E-state index contributed by atoms with van der Waals surface area (Å²) in [4.78, 5) is 11.6. The maximum Gasteiger partial charge on any atom is 0.130 e. The largest absolute Gasteiger partial charge is 0.489 e. The van der Waals surface area contributed by atoms with E-state index in [4.69, 9.17) is 20.4 Å². The molecular weight excluding hydrogens is 342 g/mol. The average Bonchev–Trinajstić information content (AvgIpc) is 3.19. The Morgan fingerprint density at radius 1 is 1.26 bits per heavy atom. The summed E-state index contributed by atoms with van der Waals surface area (Å²) in [5.74, 6) is 0.674. The molecule has 0 spiro atoms. The van der Waals surface area contributed by atoms with Crippen molar-refractivity contribution in [2.75, 3.05) is 5.73 Å². The van der Waals surface area contributed by atoms with Gasteiger partial charge in [0, 0.05) is 35.9 Å². The summed E-state index contributed by atoms with van der Waals surface area (Å²) in [7, 11) is 0. The molecule has 3 N–H and O–H groups in total. The lowest BCUT2D eigenvalue weighted by Crippen LogP contribution is -2.06. The summed E-state index contributed by atoms with van der Waals surface area (Å²) in [6, 6.07) is 14.9. The Morgan fingerprint density at radius 2 is 2.04 bits per heavy atom. The molecule has 0 aliphatic heterocycles. The van der Waals surface area contributed by atoms with Crippen LogP contribution in [0.15, 0.2) is 59.3 Å². The molecule has 0 fully saturated rings. The smallest absolute Gasteiger partial charge is 0.130 e. The highest BCUT2D eigenvalue weighted by Gasteiger charge is 2.19. The van der Waals surface area contributed by atoms with Crippen LogP contribution in [0.3, 0.4) is 0 Å². The Kier molecular flexibility index (Phi) is 5.66. The molecule has 1 heterocycles. The van der Waals surface area contributed by atoms with E-state index in [0.717, 1.165) is 22.6 Å². The first-order valence-corrected chi connectivity index (χ1v) is 8.58. The fraction of sp³-hybridized carbons (Fsp3) is 0.190. The third-order valence-electron chi connectivity index (χ3n) is 4.30. The normalized spacial score (nSPS) is 11.7. The van der Waals surface area contributed by atoms with Gasteiger partial charge in [0.25, 0.3) is 0 Å². The number of Topliss-reactive ketones (excluding diaryl/α,β-unsaturated/α-hetero) is 1. The van der Waals surface area contributed by atoms with E-state index >= 15 is 0 Å². The van der Waals surface area contributed by atoms with Gasteiger partial charge in [0.05, 0.1) is 5.69 Å². The first-order chi connectivity index (χ1) is 13.1. The van der Waals surface area contributed by atoms with E-state index in [1.165, 1.54) is 12.5 Å². The van der Waals surface area contributed by atoms with Crippen LogP contribution >= 0.6 is 0 Å². The molecule has 3 aromatic rings. The molecule has 0 amide bonds. The lowest BCUT2D eigenvalue weighted by molar-refractivity contribution is -0.117. The van der Waals surface area contributed by atoms with Gasteiger partial charge in [-0.25, -0.2) is 0 Å². The predicted octanol–water partition coefficient (Wildman–Crippen LogP) is 3.94. The first-order valence-electron chi connectivity index (χ1n) is 8.58. The highest BCUT2D eigenvalue weighted by atomic mass is 16.5. The van der Waals surface area contributed by atoms with Crippen LogP contribution < -0.4 is 10.5 Å². The van der Waals surface area contributed by atoms with Crippen molar-refractivity contribution in [3.8, 4) is 5.75 Å². The van der Waals surface area contributed by atoms with Gasteiger partial charge in [0.15, 0.2) is 0 Å². The van der Waals surface area contributed by atoms with Crippen LogP contribution in [0.2, 0.25) is 0 Å². The zero-order valence-electron chi connectivity index (χ0n) is 15.0. The summed E-state index contributed by atoms with van der Waals surface area (Å²) >= 11 is 0. The number of hydrogen-bond donors (Lipinski definition) is 2. The lowest BCUT2D eigenvalue weighted by Gasteiger charge is -2.14. The molecule has 0 bridgehead atoms. The third-order valence-corrected chi connectivity index (χ3v) is 4.30. The number of carbonyl (C=O) groups is 1. The number of anilines is 1. The zero-order valence-corrected chi connectivity index (χ0v) is 15.0. The second-order valence-electron chi connectivity index (χ2n) is 6.35. The van der Waals surface area contributed by atoms with Gasteiger partial charge in [0.1, 0.15) is 24.4 Å². The van der Waals surface area contributed by atoms with Gasteiger partial charge in [0.2, 0.25) is 0 Å². The third kappa shape index (κ3) is 4.61. The minimum absolute atomic E-state index is 0.0919. The number of nitrogens with zero attached hydrogens (tertiary/aromatic N) is 1. The SMILES string of the molecule is CC(=O)C[C@@H](c1ccc(OCc2ccc(C=N)c(N)c2)cc1)c1ccon1. The monoisotopic (exact) mass is 363 g/mol. The minimum atomic E-state index is -0.135. The van der Waals surface area contributed by atoms with Gasteiger partial charge >= 0.3 is 0 Å². The lowest BCUT2D eigenvalue weighted by atomic mass is 9.91. The number of nitrogens with two attached hydrogens (primary N) is 1. The highest BCUT2D eigenvalue weighted by molar-refractivity contribution is 5.84. The second kappa shape index (κ2) is 8.31. The molecule has 0 radical (unpaired) electrons. The molecule has 138 valence electrons. The van der Waals surface area contributed by atoms with Gasteiger partial charge in [-0.2, -0.15) is 0 Å². The molecule has 6 heteroatoms.